The third-order valence-electron chi connectivity index (χ3n) is 4.07. The summed E-state index contributed by atoms with van der Waals surface area (Å²) in [6, 6.07) is 7.94. The molecule has 1 aliphatic heterocycles. The van der Waals surface area contributed by atoms with Crippen molar-refractivity contribution in [1.82, 2.24) is 4.90 Å². The van der Waals surface area contributed by atoms with E-state index in [0.717, 1.165) is 18.6 Å². The van der Waals surface area contributed by atoms with Gasteiger partial charge in [0.25, 0.3) is 0 Å². The average Bonchev–Trinajstić information content (AvgIpc) is 2.80. The first-order valence-corrected chi connectivity index (χ1v) is 9.00. The Kier molecular flexibility index (Phi) is 5.99. The number of nitrogens with zero attached hydrogens (tertiary/aromatic N) is 1. The maximum absolute atomic E-state index is 12.6. The van der Waals surface area contributed by atoms with Crippen LogP contribution in [0, 0.1) is 0 Å². The Morgan fingerprint density at radius 2 is 1.92 bits per heavy atom. The highest BCUT2D eigenvalue weighted by molar-refractivity contribution is 5.69. The number of carbonyl (C=O) groups is 1. The third kappa shape index (κ3) is 5.36. The third-order valence-corrected chi connectivity index (χ3v) is 4.07. The lowest BCUT2D eigenvalue weighted by molar-refractivity contribution is -0.0637. The van der Waals surface area contributed by atoms with Gasteiger partial charge in [0.1, 0.15) is 23.7 Å². The molecule has 0 aliphatic carbocycles. The topological polar surface area (TPSA) is 48.0 Å². The molecule has 25 heavy (non-hydrogen) atoms. The molecule has 1 aromatic rings. The first kappa shape index (κ1) is 19.6. The Morgan fingerprint density at radius 1 is 1.28 bits per heavy atom. The molecule has 5 heteroatoms. The quantitative estimate of drug-likeness (QED) is 0.791. The van der Waals surface area contributed by atoms with Crippen LogP contribution in [-0.4, -0.2) is 41.6 Å². The first-order chi connectivity index (χ1) is 11.6. The van der Waals surface area contributed by atoms with Crippen LogP contribution in [0.4, 0.5) is 4.79 Å². The Bertz CT molecular complexity index is 574. The number of carbonyl (C=O) groups excluding carboxylic acids is 1. The van der Waals surface area contributed by atoms with E-state index in [1.165, 1.54) is 5.56 Å². The summed E-state index contributed by atoms with van der Waals surface area (Å²) >= 11 is 0. The van der Waals surface area contributed by atoms with Gasteiger partial charge in [-0.05, 0) is 58.7 Å². The lowest BCUT2D eigenvalue weighted by Crippen LogP contribution is -2.51. The summed E-state index contributed by atoms with van der Waals surface area (Å²) in [6.45, 7) is 12.3. The highest BCUT2D eigenvalue weighted by atomic mass is 16.6. The van der Waals surface area contributed by atoms with Crippen molar-refractivity contribution < 1.29 is 19.0 Å². The number of benzene rings is 1. The van der Waals surface area contributed by atoms with Gasteiger partial charge in [-0.2, -0.15) is 0 Å². The zero-order chi connectivity index (χ0) is 18.7. The summed E-state index contributed by atoms with van der Waals surface area (Å²) < 4.78 is 17.2. The molecular formula is C20H31NO4. The van der Waals surface area contributed by atoms with Gasteiger partial charge in [-0.1, -0.05) is 25.5 Å². The van der Waals surface area contributed by atoms with E-state index >= 15 is 0 Å². The van der Waals surface area contributed by atoms with Crippen LogP contribution >= 0.6 is 0 Å². The number of hydrogen-bond donors (Lipinski definition) is 0. The Morgan fingerprint density at radius 3 is 2.48 bits per heavy atom. The SMILES string of the molecule is CCCc1ccc(OC[C@@H]2COC(C)(C)N2C(=O)OC(C)(C)C)cc1. The molecule has 1 saturated heterocycles. The minimum absolute atomic E-state index is 0.180. The molecule has 1 amide bonds. The number of aryl methyl sites for hydroxylation is 1. The van der Waals surface area contributed by atoms with Gasteiger partial charge < -0.3 is 14.2 Å². The van der Waals surface area contributed by atoms with Crippen LogP contribution in [-0.2, 0) is 15.9 Å². The van der Waals surface area contributed by atoms with Crippen molar-refractivity contribution in [3.05, 3.63) is 29.8 Å². The van der Waals surface area contributed by atoms with Crippen LogP contribution < -0.4 is 4.74 Å². The number of ether oxygens (including phenoxy) is 3. The summed E-state index contributed by atoms with van der Waals surface area (Å²) in [5, 5.41) is 0. The summed E-state index contributed by atoms with van der Waals surface area (Å²) in [6.07, 6.45) is 1.82. The van der Waals surface area contributed by atoms with Gasteiger partial charge >= 0.3 is 6.09 Å². The fourth-order valence-corrected chi connectivity index (χ4v) is 2.92. The number of rotatable bonds is 5. The maximum Gasteiger partial charge on any atom is 0.413 e. The van der Waals surface area contributed by atoms with Gasteiger partial charge in [0, 0.05) is 0 Å². The van der Waals surface area contributed by atoms with Gasteiger partial charge in [0.2, 0.25) is 0 Å². The van der Waals surface area contributed by atoms with E-state index in [4.69, 9.17) is 14.2 Å². The Labute approximate surface area is 151 Å². The smallest absolute Gasteiger partial charge is 0.413 e. The molecule has 2 rings (SSSR count). The summed E-state index contributed by atoms with van der Waals surface area (Å²) in [7, 11) is 0. The van der Waals surface area contributed by atoms with Crippen LogP contribution in [0.25, 0.3) is 0 Å². The van der Waals surface area contributed by atoms with Gasteiger partial charge in [-0.3, -0.25) is 4.90 Å². The molecular weight excluding hydrogens is 318 g/mol. The number of hydrogen-bond acceptors (Lipinski definition) is 4. The fraction of sp³-hybridized carbons (Fsp3) is 0.650. The molecule has 1 aromatic carbocycles. The normalized spacial score (nSPS) is 19.8. The molecule has 1 fully saturated rings. The highest BCUT2D eigenvalue weighted by Crippen LogP contribution is 2.30. The molecule has 1 atom stereocenters. The second-order valence-electron chi connectivity index (χ2n) is 7.97. The Hall–Kier alpha value is -1.75. The monoisotopic (exact) mass is 349 g/mol. The molecule has 5 nitrogen and oxygen atoms in total. The first-order valence-electron chi connectivity index (χ1n) is 9.00. The second-order valence-corrected chi connectivity index (χ2v) is 7.97. The van der Waals surface area contributed by atoms with Crippen molar-refractivity contribution in [2.45, 2.75) is 71.8 Å². The Balaban J connectivity index is 2.00. The van der Waals surface area contributed by atoms with Crippen molar-refractivity contribution in [3.63, 3.8) is 0 Å². The molecule has 1 heterocycles. The van der Waals surface area contributed by atoms with E-state index in [1.54, 1.807) is 4.90 Å². The molecule has 0 bridgehead atoms. The minimum atomic E-state index is -0.707. The predicted octanol–water partition coefficient (Wildman–Crippen LogP) is 4.39. The second kappa shape index (κ2) is 7.65. The van der Waals surface area contributed by atoms with E-state index in [0.29, 0.717) is 13.2 Å². The van der Waals surface area contributed by atoms with E-state index in [9.17, 15) is 4.79 Å². The lowest BCUT2D eigenvalue weighted by atomic mass is 10.1. The van der Waals surface area contributed by atoms with E-state index in [-0.39, 0.29) is 12.1 Å². The van der Waals surface area contributed by atoms with Crippen LogP contribution in [0.5, 0.6) is 5.75 Å². The molecule has 140 valence electrons. The molecule has 1 aliphatic rings. The molecule has 0 aromatic heterocycles. The predicted molar refractivity (Wildman–Crippen MR) is 97.8 cm³/mol. The lowest BCUT2D eigenvalue weighted by Gasteiger charge is -2.35. The van der Waals surface area contributed by atoms with Crippen LogP contribution in [0.1, 0.15) is 53.5 Å². The average molecular weight is 349 g/mol. The minimum Gasteiger partial charge on any atom is -0.491 e. The van der Waals surface area contributed by atoms with Crippen LogP contribution in [0.2, 0.25) is 0 Å². The molecule has 0 unspecified atom stereocenters. The van der Waals surface area contributed by atoms with Crippen LogP contribution in [0.15, 0.2) is 24.3 Å². The summed E-state index contributed by atoms with van der Waals surface area (Å²) in [4.78, 5) is 14.2. The summed E-state index contributed by atoms with van der Waals surface area (Å²) in [5.74, 6) is 0.800. The van der Waals surface area contributed by atoms with E-state index in [2.05, 4.69) is 19.1 Å². The molecule has 0 spiro atoms. The molecule has 0 saturated carbocycles. The summed E-state index contributed by atoms with van der Waals surface area (Å²) in [5.41, 5.74) is 0.0491. The van der Waals surface area contributed by atoms with Gasteiger partial charge in [-0.25, -0.2) is 4.79 Å². The van der Waals surface area contributed by atoms with Gasteiger partial charge in [-0.15, -0.1) is 0 Å². The molecule has 0 N–H and O–H groups in total. The zero-order valence-electron chi connectivity index (χ0n) is 16.3. The van der Waals surface area contributed by atoms with Crippen molar-refractivity contribution in [3.8, 4) is 5.75 Å². The molecule has 0 radical (unpaired) electrons. The standard InChI is InChI=1S/C20H31NO4/c1-7-8-15-9-11-17(12-10-15)23-13-16-14-24-20(5,6)21(16)18(22)25-19(2,3)4/h9-12,16H,7-8,13-14H2,1-6H3/t16-/m1/s1. The van der Waals surface area contributed by atoms with Crippen molar-refractivity contribution in [2.75, 3.05) is 13.2 Å². The number of amides is 1. The van der Waals surface area contributed by atoms with Crippen molar-refractivity contribution in [1.29, 1.82) is 0 Å². The van der Waals surface area contributed by atoms with Gasteiger partial charge in [0.15, 0.2) is 0 Å². The zero-order valence-corrected chi connectivity index (χ0v) is 16.3. The van der Waals surface area contributed by atoms with E-state index < -0.39 is 11.3 Å². The van der Waals surface area contributed by atoms with Gasteiger partial charge in [0.05, 0.1) is 12.6 Å². The van der Waals surface area contributed by atoms with E-state index in [1.807, 2.05) is 46.8 Å². The highest BCUT2D eigenvalue weighted by Gasteiger charge is 2.46. The fourth-order valence-electron chi connectivity index (χ4n) is 2.92. The van der Waals surface area contributed by atoms with Crippen molar-refractivity contribution >= 4 is 6.09 Å². The maximum atomic E-state index is 12.6. The van der Waals surface area contributed by atoms with Crippen LogP contribution in [0.3, 0.4) is 0 Å². The largest absolute Gasteiger partial charge is 0.491 e. The van der Waals surface area contributed by atoms with Crippen molar-refractivity contribution in [2.24, 2.45) is 0 Å².